The van der Waals surface area contributed by atoms with Crippen LogP contribution in [0, 0.1) is 18.3 Å². The Hall–Kier alpha value is -1.02. The van der Waals surface area contributed by atoms with Crippen molar-refractivity contribution in [3.63, 3.8) is 0 Å². The molecule has 1 aliphatic carbocycles. The maximum atomic E-state index is 6.19. The summed E-state index contributed by atoms with van der Waals surface area (Å²) < 4.78 is 6.19. The molecule has 1 saturated carbocycles. The summed E-state index contributed by atoms with van der Waals surface area (Å²) in [4.78, 5) is 0. The number of aryl methyl sites for hydroxylation is 1. The standard InChI is InChI=1S/C18H27NO/c1-4-19-12-18(3,15-6-7-15)11-16-10-14-9-13(2)5-8-17(14)20-16/h5,8-9,15-16,19H,4,6-7,10-12H2,1-3H3. The molecule has 2 heteroatoms. The fraction of sp³-hybridized carbons (Fsp3) is 0.667. The van der Waals surface area contributed by atoms with Crippen LogP contribution in [0.15, 0.2) is 18.2 Å². The van der Waals surface area contributed by atoms with E-state index in [2.05, 4.69) is 44.3 Å². The second-order valence-electron chi connectivity index (χ2n) is 6.97. The van der Waals surface area contributed by atoms with Gasteiger partial charge < -0.3 is 10.1 Å². The van der Waals surface area contributed by atoms with Crippen molar-refractivity contribution in [1.29, 1.82) is 0 Å². The minimum absolute atomic E-state index is 0.371. The fourth-order valence-corrected chi connectivity index (χ4v) is 3.66. The predicted molar refractivity (Wildman–Crippen MR) is 83.3 cm³/mol. The molecule has 2 nitrogen and oxygen atoms in total. The van der Waals surface area contributed by atoms with Crippen LogP contribution < -0.4 is 10.1 Å². The van der Waals surface area contributed by atoms with Crippen LogP contribution in [0.1, 0.15) is 44.2 Å². The Kier molecular flexibility index (Phi) is 3.76. The van der Waals surface area contributed by atoms with Gasteiger partial charge in [-0.05, 0) is 55.7 Å². The summed E-state index contributed by atoms with van der Waals surface area (Å²) in [5, 5.41) is 3.56. The molecule has 0 radical (unpaired) electrons. The Morgan fingerprint density at radius 3 is 2.85 bits per heavy atom. The number of fused-ring (bicyclic) bond motifs is 1. The van der Waals surface area contributed by atoms with Gasteiger partial charge in [0.15, 0.2) is 0 Å². The minimum Gasteiger partial charge on any atom is -0.490 e. The van der Waals surface area contributed by atoms with Crippen LogP contribution in [-0.2, 0) is 6.42 Å². The smallest absolute Gasteiger partial charge is 0.123 e. The molecule has 1 fully saturated rings. The van der Waals surface area contributed by atoms with Gasteiger partial charge in [0.1, 0.15) is 11.9 Å². The third kappa shape index (κ3) is 2.85. The molecule has 1 aromatic carbocycles. The van der Waals surface area contributed by atoms with Crippen molar-refractivity contribution in [2.24, 2.45) is 11.3 Å². The summed E-state index contributed by atoms with van der Waals surface area (Å²) in [6, 6.07) is 6.58. The van der Waals surface area contributed by atoms with E-state index in [0.717, 1.165) is 31.2 Å². The average Bonchev–Trinajstić information content (AvgIpc) is 3.19. The molecular formula is C18H27NO. The molecule has 1 heterocycles. The monoisotopic (exact) mass is 273 g/mol. The summed E-state index contributed by atoms with van der Waals surface area (Å²) >= 11 is 0. The van der Waals surface area contributed by atoms with E-state index < -0.39 is 0 Å². The molecule has 20 heavy (non-hydrogen) atoms. The molecule has 2 aliphatic rings. The van der Waals surface area contributed by atoms with E-state index in [0.29, 0.717) is 11.5 Å². The van der Waals surface area contributed by atoms with Crippen molar-refractivity contribution in [3.8, 4) is 5.75 Å². The van der Waals surface area contributed by atoms with Crippen LogP contribution >= 0.6 is 0 Å². The zero-order valence-electron chi connectivity index (χ0n) is 13.0. The Morgan fingerprint density at radius 1 is 1.35 bits per heavy atom. The number of hydrogen-bond donors (Lipinski definition) is 1. The van der Waals surface area contributed by atoms with E-state index in [9.17, 15) is 0 Å². The molecule has 0 spiro atoms. The normalized spacial score (nSPS) is 24.1. The number of hydrogen-bond acceptors (Lipinski definition) is 2. The van der Waals surface area contributed by atoms with Gasteiger partial charge in [-0.2, -0.15) is 0 Å². The molecule has 1 aliphatic heterocycles. The van der Waals surface area contributed by atoms with Crippen molar-refractivity contribution >= 4 is 0 Å². The zero-order valence-corrected chi connectivity index (χ0v) is 13.0. The van der Waals surface area contributed by atoms with Crippen LogP contribution in [0.2, 0.25) is 0 Å². The van der Waals surface area contributed by atoms with Crippen molar-refractivity contribution in [1.82, 2.24) is 5.32 Å². The summed E-state index contributed by atoms with van der Waals surface area (Å²) in [7, 11) is 0. The van der Waals surface area contributed by atoms with Crippen LogP contribution in [0.3, 0.4) is 0 Å². The highest BCUT2D eigenvalue weighted by atomic mass is 16.5. The van der Waals surface area contributed by atoms with Crippen molar-refractivity contribution in [2.45, 2.75) is 52.6 Å². The van der Waals surface area contributed by atoms with Crippen LogP contribution in [0.4, 0.5) is 0 Å². The van der Waals surface area contributed by atoms with Crippen LogP contribution in [0.5, 0.6) is 5.75 Å². The van der Waals surface area contributed by atoms with Gasteiger partial charge in [0.2, 0.25) is 0 Å². The molecule has 0 aromatic heterocycles. The average molecular weight is 273 g/mol. The lowest BCUT2D eigenvalue weighted by atomic mass is 9.78. The molecule has 110 valence electrons. The Labute approximate surface area is 122 Å². The lowest BCUT2D eigenvalue weighted by Crippen LogP contribution is -2.37. The highest BCUT2D eigenvalue weighted by Crippen LogP contribution is 2.49. The number of benzene rings is 1. The summed E-state index contributed by atoms with van der Waals surface area (Å²) in [5.41, 5.74) is 3.14. The second kappa shape index (κ2) is 5.40. The summed E-state index contributed by atoms with van der Waals surface area (Å²) in [6.45, 7) is 8.99. The first kappa shape index (κ1) is 13.9. The molecule has 0 amide bonds. The lowest BCUT2D eigenvalue weighted by Gasteiger charge is -2.32. The van der Waals surface area contributed by atoms with Gasteiger partial charge in [0, 0.05) is 13.0 Å². The highest BCUT2D eigenvalue weighted by Gasteiger charge is 2.43. The molecular weight excluding hydrogens is 246 g/mol. The van der Waals surface area contributed by atoms with Crippen molar-refractivity contribution in [3.05, 3.63) is 29.3 Å². The molecule has 0 saturated heterocycles. The third-order valence-electron chi connectivity index (χ3n) is 4.99. The first-order chi connectivity index (χ1) is 9.60. The third-order valence-corrected chi connectivity index (χ3v) is 4.99. The Balaban J connectivity index is 1.66. The van der Waals surface area contributed by atoms with E-state index in [1.54, 1.807) is 0 Å². The number of nitrogens with one attached hydrogen (secondary N) is 1. The van der Waals surface area contributed by atoms with E-state index >= 15 is 0 Å². The van der Waals surface area contributed by atoms with Crippen LogP contribution in [0.25, 0.3) is 0 Å². The van der Waals surface area contributed by atoms with Crippen LogP contribution in [-0.4, -0.2) is 19.2 Å². The van der Waals surface area contributed by atoms with Gasteiger partial charge in [0.05, 0.1) is 0 Å². The van der Waals surface area contributed by atoms with Gasteiger partial charge in [-0.1, -0.05) is 31.5 Å². The van der Waals surface area contributed by atoms with E-state index in [-0.39, 0.29) is 0 Å². The molecule has 1 aromatic rings. The number of ether oxygens (including phenoxy) is 1. The summed E-state index contributed by atoms with van der Waals surface area (Å²) in [6.07, 6.45) is 5.45. The largest absolute Gasteiger partial charge is 0.490 e. The van der Waals surface area contributed by atoms with E-state index in [1.165, 1.54) is 30.4 Å². The van der Waals surface area contributed by atoms with E-state index in [1.807, 2.05) is 0 Å². The molecule has 2 unspecified atom stereocenters. The zero-order chi connectivity index (χ0) is 14.2. The summed E-state index contributed by atoms with van der Waals surface area (Å²) in [5.74, 6) is 2.01. The van der Waals surface area contributed by atoms with E-state index in [4.69, 9.17) is 4.74 Å². The second-order valence-corrected chi connectivity index (χ2v) is 6.97. The first-order valence-electron chi connectivity index (χ1n) is 8.07. The van der Waals surface area contributed by atoms with Gasteiger partial charge in [-0.3, -0.25) is 0 Å². The van der Waals surface area contributed by atoms with Gasteiger partial charge >= 0.3 is 0 Å². The Morgan fingerprint density at radius 2 is 2.15 bits per heavy atom. The topological polar surface area (TPSA) is 21.3 Å². The SMILES string of the molecule is CCNCC(C)(CC1Cc2cc(C)ccc2O1)C1CC1. The minimum atomic E-state index is 0.371. The predicted octanol–water partition coefficient (Wildman–Crippen LogP) is 3.71. The van der Waals surface area contributed by atoms with Gasteiger partial charge in [-0.25, -0.2) is 0 Å². The van der Waals surface area contributed by atoms with Crippen molar-refractivity contribution < 1.29 is 4.74 Å². The maximum absolute atomic E-state index is 6.19. The molecule has 0 bridgehead atoms. The highest BCUT2D eigenvalue weighted by molar-refractivity contribution is 5.40. The fourth-order valence-electron chi connectivity index (χ4n) is 3.66. The Bertz CT molecular complexity index is 480. The number of rotatable bonds is 6. The molecule has 3 rings (SSSR count). The maximum Gasteiger partial charge on any atom is 0.123 e. The van der Waals surface area contributed by atoms with Gasteiger partial charge in [0.25, 0.3) is 0 Å². The molecule has 1 N–H and O–H groups in total. The quantitative estimate of drug-likeness (QED) is 0.853. The first-order valence-corrected chi connectivity index (χ1v) is 8.07. The molecule has 2 atom stereocenters. The van der Waals surface area contributed by atoms with Gasteiger partial charge in [-0.15, -0.1) is 0 Å². The van der Waals surface area contributed by atoms with Crippen molar-refractivity contribution in [2.75, 3.05) is 13.1 Å². The lowest BCUT2D eigenvalue weighted by molar-refractivity contribution is 0.126.